The Kier molecular flexibility index (Phi) is 4.26. The molecule has 2 heterocycles. The lowest BCUT2D eigenvalue weighted by atomic mass is 10.1. The third kappa shape index (κ3) is 2.99. The number of nitrogens with zero attached hydrogens (tertiary/aromatic N) is 3. The predicted molar refractivity (Wildman–Crippen MR) is 98.1 cm³/mol. The highest BCUT2D eigenvalue weighted by molar-refractivity contribution is 6.04. The van der Waals surface area contributed by atoms with Gasteiger partial charge in [-0.2, -0.15) is 5.10 Å². The van der Waals surface area contributed by atoms with Crippen LogP contribution in [0.15, 0.2) is 59.4 Å². The van der Waals surface area contributed by atoms with Gasteiger partial charge in [-0.15, -0.1) is 0 Å². The molecule has 0 spiro atoms. The summed E-state index contributed by atoms with van der Waals surface area (Å²) in [5, 5.41) is 15.2. The van der Waals surface area contributed by atoms with Gasteiger partial charge < -0.3 is 10.0 Å². The minimum Gasteiger partial charge on any atom is -0.391 e. The molecule has 6 heteroatoms. The Morgan fingerprint density at radius 2 is 1.77 bits per heavy atom. The van der Waals surface area contributed by atoms with Crippen LogP contribution in [-0.2, 0) is 6.54 Å². The van der Waals surface area contributed by atoms with E-state index in [1.807, 2.05) is 30.3 Å². The van der Waals surface area contributed by atoms with E-state index in [0.717, 1.165) is 5.56 Å². The fraction of sp³-hybridized carbons (Fsp3) is 0.250. The first-order valence-electron chi connectivity index (χ1n) is 8.64. The van der Waals surface area contributed by atoms with Crippen LogP contribution in [0.2, 0.25) is 0 Å². The second-order valence-corrected chi connectivity index (χ2v) is 6.54. The molecular weight excluding hydrogens is 330 g/mol. The molecule has 1 aliphatic heterocycles. The van der Waals surface area contributed by atoms with Crippen molar-refractivity contribution < 1.29 is 9.90 Å². The number of aliphatic hydroxyl groups is 1. The van der Waals surface area contributed by atoms with E-state index in [1.54, 1.807) is 29.2 Å². The zero-order chi connectivity index (χ0) is 18.1. The second kappa shape index (κ2) is 6.72. The maximum Gasteiger partial charge on any atom is 0.275 e. The van der Waals surface area contributed by atoms with Gasteiger partial charge in [0.1, 0.15) is 0 Å². The van der Waals surface area contributed by atoms with Crippen molar-refractivity contribution in [3.8, 4) is 0 Å². The molecule has 1 fully saturated rings. The Labute approximate surface area is 150 Å². The van der Waals surface area contributed by atoms with Crippen LogP contribution in [-0.4, -0.2) is 44.9 Å². The average Bonchev–Trinajstić information content (AvgIpc) is 3.11. The number of carbonyl (C=O) groups is 1. The Hall–Kier alpha value is -2.99. The van der Waals surface area contributed by atoms with Crippen LogP contribution >= 0.6 is 0 Å². The van der Waals surface area contributed by atoms with Crippen molar-refractivity contribution in [3.63, 3.8) is 0 Å². The summed E-state index contributed by atoms with van der Waals surface area (Å²) in [4.78, 5) is 27.4. The van der Waals surface area contributed by atoms with Gasteiger partial charge in [0.15, 0.2) is 5.69 Å². The van der Waals surface area contributed by atoms with Crippen LogP contribution in [0.25, 0.3) is 10.8 Å². The van der Waals surface area contributed by atoms with E-state index in [9.17, 15) is 14.7 Å². The van der Waals surface area contributed by atoms with E-state index < -0.39 is 6.10 Å². The number of benzene rings is 2. The topological polar surface area (TPSA) is 75.4 Å². The SMILES string of the molecule is O=C(c1nn(Cc2ccccc2)c(=O)c2ccccc12)N1CC[C@H](O)C1. The first-order valence-corrected chi connectivity index (χ1v) is 8.64. The minimum absolute atomic E-state index is 0.220. The van der Waals surface area contributed by atoms with Crippen molar-refractivity contribution in [1.29, 1.82) is 0 Å². The van der Waals surface area contributed by atoms with Gasteiger partial charge in [0.2, 0.25) is 0 Å². The van der Waals surface area contributed by atoms with Gasteiger partial charge in [-0.3, -0.25) is 9.59 Å². The monoisotopic (exact) mass is 349 g/mol. The molecular formula is C20H19N3O3. The Morgan fingerprint density at radius 1 is 1.08 bits per heavy atom. The molecule has 0 radical (unpaired) electrons. The summed E-state index contributed by atoms with van der Waals surface area (Å²) in [6.07, 6.45) is 0.0632. The number of aromatic nitrogens is 2. The van der Waals surface area contributed by atoms with Gasteiger partial charge in [0.25, 0.3) is 11.5 Å². The summed E-state index contributed by atoms with van der Waals surface area (Å²) in [5.41, 5.74) is 0.972. The van der Waals surface area contributed by atoms with E-state index in [-0.39, 0.29) is 17.2 Å². The molecule has 3 aromatic rings. The molecule has 0 aliphatic carbocycles. The molecule has 1 aliphatic rings. The normalized spacial score (nSPS) is 17.0. The van der Waals surface area contributed by atoms with Crippen molar-refractivity contribution >= 4 is 16.7 Å². The molecule has 1 amide bonds. The van der Waals surface area contributed by atoms with Gasteiger partial charge in [-0.1, -0.05) is 48.5 Å². The van der Waals surface area contributed by atoms with Crippen LogP contribution in [0.5, 0.6) is 0 Å². The molecule has 6 nitrogen and oxygen atoms in total. The fourth-order valence-electron chi connectivity index (χ4n) is 3.33. The summed E-state index contributed by atoms with van der Waals surface area (Å²) in [5.74, 6) is -0.250. The van der Waals surface area contributed by atoms with Crippen LogP contribution in [0.1, 0.15) is 22.5 Å². The van der Waals surface area contributed by atoms with Crippen molar-refractivity contribution in [2.24, 2.45) is 0 Å². The van der Waals surface area contributed by atoms with E-state index in [2.05, 4.69) is 5.10 Å². The standard InChI is InChI=1S/C20H19N3O3/c24-15-10-11-22(13-15)20(26)18-16-8-4-5-9-17(16)19(25)23(21-18)12-14-6-2-1-3-7-14/h1-9,15,24H,10-13H2/t15-/m0/s1. The number of β-amino-alcohol motifs (C(OH)–C–C–N with tert-alkyl or cyclic N) is 1. The number of hydrogen-bond donors (Lipinski definition) is 1. The van der Waals surface area contributed by atoms with Gasteiger partial charge in [0, 0.05) is 18.5 Å². The van der Waals surface area contributed by atoms with E-state index >= 15 is 0 Å². The largest absolute Gasteiger partial charge is 0.391 e. The number of aliphatic hydroxyl groups excluding tert-OH is 1. The highest BCUT2D eigenvalue weighted by Gasteiger charge is 2.28. The smallest absolute Gasteiger partial charge is 0.275 e. The highest BCUT2D eigenvalue weighted by atomic mass is 16.3. The van der Waals surface area contributed by atoms with Crippen molar-refractivity contribution in [2.75, 3.05) is 13.1 Å². The van der Waals surface area contributed by atoms with Crippen LogP contribution in [0.4, 0.5) is 0 Å². The van der Waals surface area contributed by atoms with E-state index in [0.29, 0.717) is 36.8 Å². The third-order valence-electron chi connectivity index (χ3n) is 4.70. The molecule has 4 rings (SSSR count). The zero-order valence-corrected chi connectivity index (χ0v) is 14.2. The average molecular weight is 349 g/mol. The molecule has 1 saturated heterocycles. The van der Waals surface area contributed by atoms with E-state index in [1.165, 1.54) is 4.68 Å². The number of amides is 1. The van der Waals surface area contributed by atoms with Crippen LogP contribution < -0.4 is 5.56 Å². The predicted octanol–water partition coefficient (Wildman–Crippen LogP) is 1.65. The van der Waals surface area contributed by atoms with Gasteiger partial charge >= 0.3 is 0 Å². The van der Waals surface area contributed by atoms with Crippen LogP contribution in [0, 0.1) is 0 Å². The quantitative estimate of drug-likeness (QED) is 0.780. The fourth-order valence-corrected chi connectivity index (χ4v) is 3.33. The number of carbonyl (C=O) groups excluding carboxylic acids is 1. The maximum absolute atomic E-state index is 13.0. The molecule has 0 saturated carbocycles. The number of rotatable bonds is 3. The summed E-state index contributed by atoms with van der Waals surface area (Å²) in [6.45, 7) is 1.09. The molecule has 1 N–H and O–H groups in total. The number of fused-ring (bicyclic) bond motifs is 1. The summed E-state index contributed by atoms with van der Waals surface area (Å²) in [6, 6.07) is 16.6. The van der Waals surface area contributed by atoms with Crippen LogP contribution in [0.3, 0.4) is 0 Å². The molecule has 2 aromatic carbocycles. The lowest BCUT2D eigenvalue weighted by molar-refractivity contribution is 0.0759. The highest BCUT2D eigenvalue weighted by Crippen LogP contribution is 2.18. The Morgan fingerprint density at radius 3 is 2.46 bits per heavy atom. The number of hydrogen-bond acceptors (Lipinski definition) is 4. The second-order valence-electron chi connectivity index (χ2n) is 6.54. The number of likely N-dealkylation sites (tertiary alicyclic amines) is 1. The molecule has 1 atom stereocenters. The Balaban J connectivity index is 1.82. The molecule has 132 valence electrons. The first kappa shape index (κ1) is 16.5. The lowest BCUT2D eigenvalue weighted by Crippen LogP contribution is -2.33. The first-order chi connectivity index (χ1) is 12.6. The Bertz CT molecular complexity index is 1010. The van der Waals surface area contributed by atoms with Gasteiger partial charge in [-0.05, 0) is 18.1 Å². The zero-order valence-electron chi connectivity index (χ0n) is 14.2. The maximum atomic E-state index is 13.0. The van der Waals surface area contributed by atoms with Crippen molar-refractivity contribution in [2.45, 2.75) is 19.1 Å². The minimum atomic E-state index is -0.500. The molecule has 0 bridgehead atoms. The summed E-state index contributed by atoms with van der Waals surface area (Å²) < 4.78 is 1.34. The molecule has 26 heavy (non-hydrogen) atoms. The molecule has 0 unspecified atom stereocenters. The van der Waals surface area contributed by atoms with Crippen molar-refractivity contribution in [3.05, 3.63) is 76.2 Å². The van der Waals surface area contributed by atoms with E-state index in [4.69, 9.17) is 0 Å². The molecule has 1 aromatic heterocycles. The van der Waals surface area contributed by atoms with Crippen molar-refractivity contribution in [1.82, 2.24) is 14.7 Å². The third-order valence-corrected chi connectivity index (χ3v) is 4.70. The van der Waals surface area contributed by atoms with Gasteiger partial charge in [-0.25, -0.2) is 4.68 Å². The lowest BCUT2D eigenvalue weighted by Gasteiger charge is -2.17. The summed E-state index contributed by atoms with van der Waals surface area (Å²) in [7, 11) is 0. The summed E-state index contributed by atoms with van der Waals surface area (Å²) >= 11 is 0. The van der Waals surface area contributed by atoms with Gasteiger partial charge in [0.05, 0.1) is 18.0 Å².